The van der Waals surface area contributed by atoms with Crippen molar-refractivity contribution in [1.82, 2.24) is 24.5 Å². The number of aromatic nitrogens is 5. The molecular formula is C14H21N7. The van der Waals surface area contributed by atoms with Gasteiger partial charge in [0.15, 0.2) is 0 Å². The molecule has 0 aromatic carbocycles. The number of anilines is 2. The van der Waals surface area contributed by atoms with Gasteiger partial charge in [0.1, 0.15) is 5.82 Å². The highest BCUT2D eigenvalue weighted by molar-refractivity contribution is 5.38. The summed E-state index contributed by atoms with van der Waals surface area (Å²) in [4.78, 5) is 19.6. The Morgan fingerprint density at radius 3 is 2.81 bits per heavy atom. The van der Waals surface area contributed by atoms with E-state index in [-0.39, 0.29) is 12.0 Å². The maximum Gasteiger partial charge on any atom is 0.229 e. The van der Waals surface area contributed by atoms with E-state index in [1.807, 2.05) is 31.5 Å². The fourth-order valence-corrected chi connectivity index (χ4v) is 2.43. The summed E-state index contributed by atoms with van der Waals surface area (Å²) in [6.45, 7) is 5.15. The van der Waals surface area contributed by atoms with Gasteiger partial charge in [-0.2, -0.15) is 15.0 Å². The fourth-order valence-electron chi connectivity index (χ4n) is 2.43. The molecule has 0 saturated carbocycles. The average Bonchev–Trinajstić information content (AvgIpc) is 3.03. The second-order valence-corrected chi connectivity index (χ2v) is 5.86. The van der Waals surface area contributed by atoms with Crippen molar-refractivity contribution in [3.05, 3.63) is 24.0 Å². The first-order valence-corrected chi connectivity index (χ1v) is 7.24. The Bertz CT molecular complexity index is 606. The van der Waals surface area contributed by atoms with E-state index in [0.29, 0.717) is 11.9 Å². The standard InChI is InChI=1S/C14H21N7/c1-9(2)12-17-13(19-14(18-12)20(3)4)16-10-5-6-21-8-15-7-11(10)21/h7-10H,5-6H2,1-4H3,(H,16,17,18,19). The first kappa shape index (κ1) is 13.8. The fraction of sp³-hybridized carbons (Fsp3) is 0.571. The van der Waals surface area contributed by atoms with E-state index >= 15 is 0 Å². The van der Waals surface area contributed by atoms with Gasteiger partial charge in [0.05, 0.1) is 24.3 Å². The molecule has 1 aliphatic heterocycles. The monoisotopic (exact) mass is 287 g/mol. The van der Waals surface area contributed by atoms with E-state index in [1.54, 1.807) is 0 Å². The lowest BCUT2D eigenvalue weighted by atomic mass is 10.2. The van der Waals surface area contributed by atoms with Gasteiger partial charge in [-0.3, -0.25) is 0 Å². The third-order valence-corrected chi connectivity index (χ3v) is 3.62. The zero-order valence-electron chi connectivity index (χ0n) is 12.9. The first-order chi connectivity index (χ1) is 10.0. The summed E-state index contributed by atoms with van der Waals surface area (Å²) < 4.78 is 2.16. The average molecular weight is 287 g/mol. The number of nitrogens with zero attached hydrogens (tertiary/aromatic N) is 6. The highest BCUT2D eigenvalue weighted by atomic mass is 15.3. The van der Waals surface area contributed by atoms with Gasteiger partial charge in [-0.15, -0.1) is 0 Å². The van der Waals surface area contributed by atoms with Gasteiger partial charge in [0, 0.05) is 26.6 Å². The van der Waals surface area contributed by atoms with Crippen LogP contribution in [0.1, 0.15) is 43.7 Å². The van der Waals surface area contributed by atoms with Crippen LogP contribution in [0.5, 0.6) is 0 Å². The highest BCUT2D eigenvalue weighted by Gasteiger charge is 2.24. The summed E-state index contributed by atoms with van der Waals surface area (Å²) in [6, 6.07) is 0.213. The van der Waals surface area contributed by atoms with Crippen LogP contribution in [-0.4, -0.2) is 38.6 Å². The summed E-state index contributed by atoms with van der Waals surface area (Å²) in [5.74, 6) is 2.39. The lowest BCUT2D eigenvalue weighted by Crippen LogP contribution is -2.18. The van der Waals surface area contributed by atoms with Crippen molar-refractivity contribution in [3.63, 3.8) is 0 Å². The topological polar surface area (TPSA) is 71.8 Å². The Labute approximate surface area is 124 Å². The molecule has 2 aromatic heterocycles. The number of imidazole rings is 1. The van der Waals surface area contributed by atoms with Gasteiger partial charge in [0.25, 0.3) is 0 Å². The van der Waals surface area contributed by atoms with Crippen LogP contribution in [0, 0.1) is 0 Å². The minimum Gasteiger partial charge on any atom is -0.347 e. The maximum absolute atomic E-state index is 4.55. The van der Waals surface area contributed by atoms with Crippen LogP contribution in [0.2, 0.25) is 0 Å². The Morgan fingerprint density at radius 2 is 2.10 bits per heavy atom. The van der Waals surface area contributed by atoms with Crippen molar-refractivity contribution in [2.24, 2.45) is 0 Å². The maximum atomic E-state index is 4.55. The molecule has 0 spiro atoms. The summed E-state index contributed by atoms with van der Waals surface area (Å²) in [5.41, 5.74) is 1.19. The molecular weight excluding hydrogens is 266 g/mol. The molecule has 1 atom stereocenters. The number of hydrogen-bond acceptors (Lipinski definition) is 6. The SMILES string of the molecule is CC(C)c1nc(NC2CCn3cncc32)nc(N(C)C)n1. The molecule has 112 valence electrons. The van der Waals surface area contributed by atoms with Crippen molar-refractivity contribution in [3.8, 4) is 0 Å². The Morgan fingerprint density at radius 1 is 1.29 bits per heavy atom. The molecule has 0 fully saturated rings. The molecule has 1 N–H and O–H groups in total. The van der Waals surface area contributed by atoms with Crippen LogP contribution < -0.4 is 10.2 Å². The van der Waals surface area contributed by atoms with Crippen molar-refractivity contribution in [1.29, 1.82) is 0 Å². The number of hydrogen-bond donors (Lipinski definition) is 1. The summed E-state index contributed by atoms with van der Waals surface area (Å²) in [7, 11) is 3.88. The number of fused-ring (bicyclic) bond motifs is 1. The lowest BCUT2D eigenvalue weighted by Gasteiger charge is -2.17. The minimum atomic E-state index is 0.213. The largest absolute Gasteiger partial charge is 0.347 e. The van der Waals surface area contributed by atoms with E-state index in [4.69, 9.17) is 0 Å². The van der Waals surface area contributed by atoms with Crippen LogP contribution in [-0.2, 0) is 6.54 Å². The van der Waals surface area contributed by atoms with E-state index in [1.165, 1.54) is 5.69 Å². The van der Waals surface area contributed by atoms with E-state index in [2.05, 4.69) is 43.7 Å². The highest BCUT2D eigenvalue weighted by Crippen LogP contribution is 2.28. The van der Waals surface area contributed by atoms with Gasteiger partial charge in [0.2, 0.25) is 11.9 Å². The molecule has 0 aliphatic carbocycles. The van der Waals surface area contributed by atoms with E-state index < -0.39 is 0 Å². The van der Waals surface area contributed by atoms with Crippen molar-refractivity contribution in [2.75, 3.05) is 24.3 Å². The molecule has 0 radical (unpaired) electrons. The minimum absolute atomic E-state index is 0.213. The zero-order chi connectivity index (χ0) is 15.0. The lowest BCUT2D eigenvalue weighted by molar-refractivity contribution is 0.693. The smallest absolute Gasteiger partial charge is 0.229 e. The third kappa shape index (κ3) is 2.68. The van der Waals surface area contributed by atoms with E-state index in [0.717, 1.165) is 18.8 Å². The Balaban J connectivity index is 1.88. The summed E-state index contributed by atoms with van der Waals surface area (Å²) in [6.07, 6.45) is 4.80. The summed E-state index contributed by atoms with van der Waals surface area (Å²) >= 11 is 0. The van der Waals surface area contributed by atoms with Crippen LogP contribution in [0.15, 0.2) is 12.5 Å². The van der Waals surface area contributed by atoms with Crippen molar-refractivity contribution in [2.45, 2.75) is 38.8 Å². The predicted molar refractivity (Wildman–Crippen MR) is 81.5 cm³/mol. The third-order valence-electron chi connectivity index (χ3n) is 3.62. The second-order valence-electron chi connectivity index (χ2n) is 5.86. The van der Waals surface area contributed by atoms with Crippen molar-refractivity contribution < 1.29 is 0 Å². The molecule has 7 nitrogen and oxygen atoms in total. The van der Waals surface area contributed by atoms with Gasteiger partial charge < -0.3 is 14.8 Å². The number of aryl methyl sites for hydroxylation is 1. The molecule has 3 heterocycles. The Hall–Kier alpha value is -2.18. The number of rotatable bonds is 4. The molecule has 1 unspecified atom stereocenters. The Kier molecular flexibility index (Phi) is 3.48. The van der Waals surface area contributed by atoms with Crippen molar-refractivity contribution >= 4 is 11.9 Å². The van der Waals surface area contributed by atoms with Gasteiger partial charge in [-0.25, -0.2) is 4.98 Å². The molecule has 1 aliphatic rings. The van der Waals surface area contributed by atoms with Gasteiger partial charge in [-0.1, -0.05) is 13.8 Å². The first-order valence-electron chi connectivity index (χ1n) is 7.24. The van der Waals surface area contributed by atoms with Gasteiger partial charge >= 0.3 is 0 Å². The molecule has 0 saturated heterocycles. The molecule has 2 aromatic rings. The quantitative estimate of drug-likeness (QED) is 0.924. The van der Waals surface area contributed by atoms with E-state index in [9.17, 15) is 0 Å². The molecule has 21 heavy (non-hydrogen) atoms. The van der Waals surface area contributed by atoms with Crippen LogP contribution in [0.25, 0.3) is 0 Å². The molecule has 7 heteroatoms. The molecule has 3 rings (SSSR count). The second kappa shape index (κ2) is 5.31. The summed E-state index contributed by atoms with van der Waals surface area (Å²) in [5, 5.41) is 3.42. The molecule has 0 amide bonds. The normalized spacial score (nSPS) is 17.1. The number of nitrogens with one attached hydrogen (secondary N) is 1. The van der Waals surface area contributed by atoms with Crippen LogP contribution in [0.3, 0.4) is 0 Å². The van der Waals surface area contributed by atoms with Crippen LogP contribution in [0.4, 0.5) is 11.9 Å². The zero-order valence-corrected chi connectivity index (χ0v) is 12.9. The molecule has 0 bridgehead atoms. The van der Waals surface area contributed by atoms with Gasteiger partial charge in [-0.05, 0) is 6.42 Å². The predicted octanol–water partition coefficient (Wildman–Crippen LogP) is 1.81. The van der Waals surface area contributed by atoms with Crippen LogP contribution >= 0.6 is 0 Å².